The maximum Gasteiger partial charge on any atom is 0.261 e. The lowest BCUT2D eigenvalue weighted by molar-refractivity contribution is -0.128. The largest absolute Gasteiger partial charge is 0.497 e. The maximum absolute atomic E-state index is 12.4. The molecule has 0 spiro atoms. The van der Waals surface area contributed by atoms with Crippen LogP contribution in [0.5, 0.6) is 11.5 Å². The molecule has 0 aliphatic carbocycles. The zero-order valence-electron chi connectivity index (χ0n) is 15.1. The SMILES string of the molecule is CC[C@H](Oc1cccc(OC)c1)C(=O)NCCC1CCN(C)CC1. The summed E-state index contributed by atoms with van der Waals surface area (Å²) in [7, 11) is 3.78. The van der Waals surface area contributed by atoms with E-state index in [2.05, 4.69) is 17.3 Å². The highest BCUT2D eigenvalue weighted by atomic mass is 16.5. The van der Waals surface area contributed by atoms with Crippen LogP contribution < -0.4 is 14.8 Å². The second-order valence-corrected chi connectivity index (χ2v) is 6.52. The molecular formula is C19H30N2O3. The number of rotatable bonds is 8. The lowest BCUT2D eigenvalue weighted by Crippen LogP contribution is -2.39. The van der Waals surface area contributed by atoms with Crippen molar-refractivity contribution in [1.29, 1.82) is 0 Å². The Balaban J connectivity index is 1.76. The van der Waals surface area contributed by atoms with E-state index < -0.39 is 6.10 Å². The van der Waals surface area contributed by atoms with Crippen molar-refractivity contribution < 1.29 is 14.3 Å². The van der Waals surface area contributed by atoms with E-state index in [0.717, 1.165) is 37.7 Å². The first-order chi connectivity index (χ1) is 11.6. The predicted molar refractivity (Wildman–Crippen MR) is 95.5 cm³/mol. The number of hydrogen-bond donors (Lipinski definition) is 1. The fraction of sp³-hybridized carbons (Fsp3) is 0.632. The summed E-state index contributed by atoms with van der Waals surface area (Å²) in [5.74, 6) is 2.07. The summed E-state index contributed by atoms with van der Waals surface area (Å²) >= 11 is 0. The number of nitrogens with zero attached hydrogens (tertiary/aromatic N) is 1. The van der Waals surface area contributed by atoms with Crippen LogP contribution in [-0.4, -0.2) is 50.7 Å². The molecule has 5 nitrogen and oxygen atoms in total. The minimum Gasteiger partial charge on any atom is -0.497 e. The van der Waals surface area contributed by atoms with Crippen molar-refractivity contribution in [3.63, 3.8) is 0 Å². The molecule has 1 atom stereocenters. The molecule has 5 heteroatoms. The van der Waals surface area contributed by atoms with Crippen LogP contribution in [0.4, 0.5) is 0 Å². The Labute approximate surface area is 145 Å². The number of amides is 1. The van der Waals surface area contributed by atoms with Crippen LogP contribution in [0, 0.1) is 5.92 Å². The summed E-state index contributed by atoms with van der Waals surface area (Å²) in [4.78, 5) is 14.7. The minimum absolute atomic E-state index is 0.0340. The van der Waals surface area contributed by atoms with Gasteiger partial charge in [0.2, 0.25) is 0 Å². The summed E-state index contributed by atoms with van der Waals surface area (Å²) in [6.07, 6.45) is 3.68. The molecule has 1 aromatic rings. The second kappa shape index (κ2) is 9.52. The third kappa shape index (κ3) is 5.71. The van der Waals surface area contributed by atoms with Crippen LogP contribution in [0.2, 0.25) is 0 Å². The smallest absolute Gasteiger partial charge is 0.261 e. The van der Waals surface area contributed by atoms with E-state index in [1.54, 1.807) is 13.2 Å². The normalized spacial score (nSPS) is 17.3. The molecule has 24 heavy (non-hydrogen) atoms. The second-order valence-electron chi connectivity index (χ2n) is 6.52. The molecule has 134 valence electrons. The maximum atomic E-state index is 12.4. The van der Waals surface area contributed by atoms with E-state index in [-0.39, 0.29) is 5.91 Å². The summed E-state index contributed by atoms with van der Waals surface area (Å²) in [5, 5.41) is 3.03. The summed E-state index contributed by atoms with van der Waals surface area (Å²) < 4.78 is 11.0. The highest BCUT2D eigenvalue weighted by molar-refractivity contribution is 5.81. The zero-order chi connectivity index (χ0) is 17.4. The van der Waals surface area contributed by atoms with Gasteiger partial charge in [0.1, 0.15) is 11.5 Å². The Hall–Kier alpha value is -1.75. The number of methoxy groups -OCH3 is 1. The third-order valence-corrected chi connectivity index (χ3v) is 4.67. The van der Waals surface area contributed by atoms with Gasteiger partial charge in [-0.05, 0) is 63.9 Å². The molecule has 2 rings (SSSR count). The van der Waals surface area contributed by atoms with E-state index in [1.165, 1.54) is 12.8 Å². The molecule has 0 radical (unpaired) electrons. The monoisotopic (exact) mass is 334 g/mol. The van der Waals surface area contributed by atoms with Crippen molar-refractivity contribution in [2.24, 2.45) is 5.92 Å². The van der Waals surface area contributed by atoms with Crippen LogP contribution in [0.1, 0.15) is 32.6 Å². The molecular weight excluding hydrogens is 304 g/mol. The summed E-state index contributed by atoms with van der Waals surface area (Å²) in [5.41, 5.74) is 0. The molecule has 0 bridgehead atoms. The number of ether oxygens (including phenoxy) is 2. The van der Waals surface area contributed by atoms with Crippen molar-refractivity contribution in [2.45, 2.75) is 38.7 Å². The molecule has 1 saturated heterocycles. The van der Waals surface area contributed by atoms with Gasteiger partial charge < -0.3 is 19.7 Å². The number of hydrogen-bond acceptors (Lipinski definition) is 4. The topological polar surface area (TPSA) is 50.8 Å². The first-order valence-electron chi connectivity index (χ1n) is 8.89. The van der Waals surface area contributed by atoms with Crippen LogP contribution in [0.15, 0.2) is 24.3 Å². The Morgan fingerprint density at radius 2 is 2.04 bits per heavy atom. The fourth-order valence-corrected chi connectivity index (χ4v) is 3.03. The highest BCUT2D eigenvalue weighted by Gasteiger charge is 2.20. The standard InChI is InChI=1S/C19H30N2O3/c1-4-18(24-17-7-5-6-16(14-17)23-3)19(22)20-11-8-15-9-12-21(2)13-10-15/h5-7,14-15,18H,4,8-13H2,1-3H3,(H,20,22)/t18-/m0/s1. The molecule has 1 aliphatic heterocycles. The van der Waals surface area contributed by atoms with Gasteiger partial charge >= 0.3 is 0 Å². The number of likely N-dealkylation sites (tertiary alicyclic amines) is 1. The van der Waals surface area contributed by atoms with E-state index in [0.29, 0.717) is 12.2 Å². The Kier molecular flexibility index (Phi) is 7.37. The number of carbonyl (C=O) groups excluding carboxylic acids is 1. The van der Waals surface area contributed by atoms with Crippen LogP contribution >= 0.6 is 0 Å². The van der Waals surface area contributed by atoms with Gasteiger partial charge in [-0.25, -0.2) is 0 Å². The molecule has 0 unspecified atom stereocenters. The van der Waals surface area contributed by atoms with Gasteiger partial charge in [0.05, 0.1) is 7.11 Å². The van der Waals surface area contributed by atoms with Crippen molar-refractivity contribution in [2.75, 3.05) is 33.8 Å². The zero-order valence-corrected chi connectivity index (χ0v) is 15.1. The molecule has 1 N–H and O–H groups in total. The third-order valence-electron chi connectivity index (χ3n) is 4.67. The van der Waals surface area contributed by atoms with Gasteiger partial charge in [-0.1, -0.05) is 13.0 Å². The molecule has 1 amide bonds. The molecule has 0 saturated carbocycles. The Morgan fingerprint density at radius 1 is 1.33 bits per heavy atom. The quantitative estimate of drug-likeness (QED) is 0.794. The number of carbonyl (C=O) groups is 1. The Bertz CT molecular complexity index is 513. The number of benzene rings is 1. The van der Waals surface area contributed by atoms with E-state index in [4.69, 9.17) is 9.47 Å². The van der Waals surface area contributed by atoms with Crippen molar-refractivity contribution in [1.82, 2.24) is 10.2 Å². The molecule has 1 fully saturated rings. The first kappa shape index (κ1) is 18.6. The van der Waals surface area contributed by atoms with Gasteiger partial charge in [0.15, 0.2) is 6.10 Å². The van der Waals surface area contributed by atoms with Gasteiger partial charge in [0, 0.05) is 12.6 Å². The Morgan fingerprint density at radius 3 is 2.71 bits per heavy atom. The van der Waals surface area contributed by atoms with Crippen LogP contribution in [0.3, 0.4) is 0 Å². The van der Waals surface area contributed by atoms with Crippen LogP contribution in [0.25, 0.3) is 0 Å². The summed E-state index contributed by atoms with van der Waals surface area (Å²) in [6.45, 7) is 5.01. The number of piperidine rings is 1. The molecule has 0 aromatic heterocycles. The number of nitrogens with one attached hydrogen (secondary N) is 1. The van der Waals surface area contributed by atoms with E-state index >= 15 is 0 Å². The van der Waals surface area contributed by atoms with E-state index in [1.807, 2.05) is 25.1 Å². The van der Waals surface area contributed by atoms with Gasteiger partial charge in [0.25, 0.3) is 5.91 Å². The van der Waals surface area contributed by atoms with Crippen molar-refractivity contribution >= 4 is 5.91 Å². The lowest BCUT2D eigenvalue weighted by atomic mass is 9.94. The van der Waals surface area contributed by atoms with Gasteiger partial charge in [-0.2, -0.15) is 0 Å². The van der Waals surface area contributed by atoms with Gasteiger partial charge in [-0.15, -0.1) is 0 Å². The minimum atomic E-state index is -0.463. The summed E-state index contributed by atoms with van der Waals surface area (Å²) in [6, 6.07) is 7.36. The highest BCUT2D eigenvalue weighted by Crippen LogP contribution is 2.21. The van der Waals surface area contributed by atoms with E-state index in [9.17, 15) is 4.79 Å². The first-order valence-corrected chi connectivity index (χ1v) is 8.89. The molecule has 1 heterocycles. The lowest BCUT2D eigenvalue weighted by Gasteiger charge is -2.29. The molecule has 1 aliphatic rings. The predicted octanol–water partition coefficient (Wildman–Crippen LogP) is 2.70. The van der Waals surface area contributed by atoms with Crippen molar-refractivity contribution in [3.8, 4) is 11.5 Å². The van der Waals surface area contributed by atoms with Crippen molar-refractivity contribution in [3.05, 3.63) is 24.3 Å². The average Bonchev–Trinajstić information content (AvgIpc) is 2.61. The van der Waals surface area contributed by atoms with Crippen LogP contribution in [-0.2, 0) is 4.79 Å². The fourth-order valence-electron chi connectivity index (χ4n) is 3.03. The molecule has 1 aromatic carbocycles. The average molecular weight is 334 g/mol. The van der Waals surface area contributed by atoms with Gasteiger partial charge in [-0.3, -0.25) is 4.79 Å².